The highest BCUT2D eigenvalue weighted by atomic mass is 16.5. The predicted octanol–water partition coefficient (Wildman–Crippen LogP) is 3.23. The Hall–Kier alpha value is -0.880. The average molecular weight is 237 g/mol. The fraction of sp³-hybridized carbons (Fsp3) is 0.857. The number of ether oxygens (including phenoxy) is 1. The Morgan fingerprint density at radius 3 is 2.35 bits per heavy atom. The van der Waals surface area contributed by atoms with Crippen molar-refractivity contribution in [1.82, 2.24) is 0 Å². The normalized spacial score (nSPS) is 19.6. The van der Waals surface area contributed by atoms with Gasteiger partial charge >= 0.3 is 0 Å². The van der Waals surface area contributed by atoms with Crippen LogP contribution in [-0.2, 0) is 9.53 Å². The number of nitrogens with zero attached hydrogens (tertiary/aromatic N) is 1. The average Bonchev–Trinajstić information content (AvgIpc) is 2.27. The number of ketones is 1. The van der Waals surface area contributed by atoms with Gasteiger partial charge in [-0.3, -0.25) is 4.79 Å². The monoisotopic (exact) mass is 237 g/mol. The van der Waals surface area contributed by atoms with Crippen molar-refractivity contribution in [2.24, 2.45) is 5.41 Å². The second kappa shape index (κ2) is 5.64. The van der Waals surface area contributed by atoms with Crippen molar-refractivity contribution in [3.05, 3.63) is 0 Å². The van der Waals surface area contributed by atoms with Crippen LogP contribution in [0.3, 0.4) is 0 Å². The molecule has 3 nitrogen and oxygen atoms in total. The molecule has 0 saturated heterocycles. The van der Waals surface area contributed by atoms with Gasteiger partial charge in [-0.15, -0.1) is 0 Å². The minimum Gasteiger partial charge on any atom is -0.368 e. The summed E-state index contributed by atoms with van der Waals surface area (Å²) in [6.45, 7) is 5.93. The van der Waals surface area contributed by atoms with Crippen LogP contribution in [0.15, 0.2) is 0 Å². The first-order valence-electron chi connectivity index (χ1n) is 6.44. The lowest BCUT2D eigenvalue weighted by Crippen LogP contribution is -2.30. The third-order valence-electron chi connectivity index (χ3n) is 3.25. The van der Waals surface area contributed by atoms with Gasteiger partial charge in [0.25, 0.3) is 0 Å². The lowest BCUT2D eigenvalue weighted by atomic mass is 9.72. The molecule has 0 unspecified atom stereocenters. The van der Waals surface area contributed by atoms with Crippen molar-refractivity contribution in [3.63, 3.8) is 0 Å². The number of carbonyl (C=O) groups excluding carboxylic acids is 1. The van der Waals surface area contributed by atoms with E-state index in [-0.39, 0.29) is 18.0 Å². The van der Waals surface area contributed by atoms with E-state index >= 15 is 0 Å². The van der Waals surface area contributed by atoms with E-state index in [0.717, 1.165) is 25.7 Å². The third-order valence-corrected chi connectivity index (χ3v) is 3.25. The number of Topliss-reactive ketones (excluding diaryl/α,β-unsaturated/α-hetero) is 1. The second-order valence-electron chi connectivity index (χ2n) is 6.07. The summed E-state index contributed by atoms with van der Waals surface area (Å²) in [6.07, 6.45) is 5.42. The number of nitriles is 1. The summed E-state index contributed by atoms with van der Waals surface area (Å²) in [5.74, 6) is 0.0587. The van der Waals surface area contributed by atoms with Crippen molar-refractivity contribution in [2.75, 3.05) is 6.61 Å². The van der Waals surface area contributed by atoms with Gasteiger partial charge in [-0.25, -0.2) is 0 Å². The quantitative estimate of drug-likeness (QED) is 0.754. The molecule has 1 rings (SSSR count). The second-order valence-corrected chi connectivity index (χ2v) is 6.07. The van der Waals surface area contributed by atoms with Crippen molar-refractivity contribution in [2.45, 2.75) is 64.9 Å². The molecule has 1 fully saturated rings. The lowest BCUT2D eigenvalue weighted by Gasteiger charge is -2.30. The molecule has 0 bridgehead atoms. The van der Waals surface area contributed by atoms with Crippen LogP contribution in [0.5, 0.6) is 0 Å². The summed E-state index contributed by atoms with van der Waals surface area (Å²) >= 11 is 0. The number of hydrogen-bond donors (Lipinski definition) is 0. The van der Waals surface area contributed by atoms with Gasteiger partial charge in [0.2, 0.25) is 0 Å². The summed E-state index contributed by atoms with van der Waals surface area (Å²) < 4.78 is 5.46. The molecule has 0 aliphatic heterocycles. The number of carbonyl (C=O) groups is 1. The molecule has 3 heteroatoms. The lowest BCUT2D eigenvalue weighted by molar-refractivity contribution is -0.130. The SMILES string of the molecule is CC(C)(C)OCC(=O)CC1(C#N)CCCCC1. The zero-order valence-electron chi connectivity index (χ0n) is 11.2. The minimum absolute atomic E-state index is 0.0587. The molecule has 0 amide bonds. The minimum atomic E-state index is -0.406. The summed E-state index contributed by atoms with van der Waals surface area (Å²) in [6, 6.07) is 2.37. The van der Waals surface area contributed by atoms with Crippen LogP contribution in [0.4, 0.5) is 0 Å². The molecule has 0 atom stereocenters. The van der Waals surface area contributed by atoms with E-state index < -0.39 is 5.41 Å². The zero-order valence-corrected chi connectivity index (χ0v) is 11.2. The Morgan fingerprint density at radius 1 is 1.29 bits per heavy atom. The van der Waals surface area contributed by atoms with E-state index in [1.807, 2.05) is 20.8 Å². The van der Waals surface area contributed by atoms with Gasteiger partial charge in [0.05, 0.1) is 17.1 Å². The van der Waals surface area contributed by atoms with Crippen LogP contribution in [0.25, 0.3) is 0 Å². The van der Waals surface area contributed by atoms with Crippen LogP contribution in [0.2, 0.25) is 0 Å². The summed E-state index contributed by atoms with van der Waals surface area (Å²) in [5, 5.41) is 9.28. The summed E-state index contributed by atoms with van der Waals surface area (Å²) in [7, 11) is 0. The van der Waals surface area contributed by atoms with Gasteiger partial charge < -0.3 is 4.74 Å². The Labute approximate surface area is 104 Å². The highest BCUT2D eigenvalue weighted by Crippen LogP contribution is 2.38. The van der Waals surface area contributed by atoms with Gasteiger partial charge in [-0.1, -0.05) is 19.3 Å². The number of rotatable bonds is 4. The Kier molecular flexibility index (Phi) is 4.70. The standard InChI is InChI=1S/C14H23NO2/c1-13(2,3)17-10-12(16)9-14(11-15)7-5-4-6-8-14/h4-10H2,1-3H3. The maximum absolute atomic E-state index is 11.8. The van der Waals surface area contributed by atoms with Gasteiger partial charge in [0.15, 0.2) is 5.78 Å². The fourth-order valence-corrected chi connectivity index (χ4v) is 2.28. The van der Waals surface area contributed by atoms with Gasteiger partial charge in [0.1, 0.15) is 6.61 Å². The topological polar surface area (TPSA) is 50.1 Å². The molecule has 0 aromatic heterocycles. The number of hydrogen-bond acceptors (Lipinski definition) is 3. The van der Waals surface area contributed by atoms with Crippen LogP contribution >= 0.6 is 0 Å². The fourth-order valence-electron chi connectivity index (χ4n) is 2.28. The van der Waals surface area contributed by atoms with Crippen molar-refractivity contribution < 1.29 is 9.53 Å². The molecule has 0 radical (unpaired) electrons. The van der Waals surface area contributed by atoms with Crippen LogP contribution in [0.1, 0.15) is 59.3 Å². The van der Waals surface area contributed by atoms with Crippen LogP contribution in [0, 0.1) is 16.7 Å². The summed E-state index contributed by atoms with van der Waals surface area (Å²) in [4.78, 5) is 11.8. The van der Waals surface area contributed by atoms with Crippen LogP contribution in [-0.4, -0.2) is 18.0 Å². The molecular weight excluding hydrogens is 214 g/mol. The highest BCUT2D eigenvalue weighted by molar-refractivity contribution is 5.80. The maximum atomic E-state index is 11.8. The van der Waals surface area contributed by atoms with E-state index in [4.69, 9.17) is 4.74 Å². The first kappa shape index (κ1) is 14.2. The molecule has 0 aromatic carbocycles. The van der Waals surface area contributed by atoms with E-state index in [0.29, 0.717) is 6.42 Å². The van der Waals surface area contributed by atoms with E-state index in [2.05, 4.69) is 6.07 Å². The molecule has 17 heavy (non-hydrogen) atoms. The third kappa shape index (κ3) is 4.87. The predicted molar refractivity (Wildman–Crippen MR) is 66.5 cm³/mol. The molecule has 0 N–H and O–H groups in total. The van der Waals surface area contributed by atoms with Crippen molar-refractivity contribution in [3.8, 4) is 6.07 Å². The highest BCUT2D eigenvalue weighted by Gasteiger charge is 2.34. The van der Waals surface area contributed by atoms with Gasteiger partial charge in [-0.05, 0) is 33.6 Å². The largest absolute Gasteiger partial charge is 0.368 e. The molecule has 1 aliphatic rings. The van der Waals surface area contributed by atoms with Crippen molar-refractivity contribution in [1.29, 1.82) is 5.26 Å². The summed E-state index contributed by atoms with van der Waals surface area (Å²) in [5.41, 5.74) is -0.696. The Morgan fingerprint density at radius 2 is 1.88 bits per heavy atom. The maximum Gasteiger partial charge on any atom is 0.160 e. The molecule has 0 heterocycles. The molecular formula is C14H23NO2. The molecule has 1 aliphatic carbocycles. The molecule has 0 spiro atoms. The first-order valence-corrected chi connectivity index (χ1v) is 6.44. The molecule has 1 saturated carbocycles. The van der Waals surface area contributed by atoms with Crippen molar-refractivity contribution >= 4 is 5.78 Å². The molecule has 96 valence electrons. The Balaban J connectivity index is 2.46. The smallest absolute Gasteiger partial charge is 0.160 e. The zero-order chi connectivity index (χ0) is 12.9. The van der Waals surface area contributed by atoms with E-state index in [9.17, 15) is 10.1 Å². The van der Waals surface area contributed by atoms with Gasteiger partial charge in [0, 0.05) is 6.42 Å². The Bertz CT molecular complexity index is 303. The first-order chi connectivity index (χ1) is 7.87. The van der Waals surface area contributed by atoms with Gasteiger partial charge in [-0.2, -0.15) is 5.26 Å². The van der Waals surface area contributed by atoms with E-state index in [1.165, 1.54) is 6.42 Å². The molecule has 0 aromatic rings. The van der Waals surface area contributed by atoms with E-state index in [1.54, 1.807) is 0 Å². The van der Waals surface area contributed by atoms with Crippen LogP contribution < -0.4 is 0 Å².